The van der Waals surface area contributed by atoms with Gasteiger partial charge in [-0.15, -0.1) is 0 Å². The van der Waals surface area contributed by atoms with Crippen LogP contribution >= 0.6 is 0 Å². The largest absolute Gasteiger partial charge is 0.340 e. The first-order valence-electron chi connectivity index (χ1n) is 6.07. The van der Waals surface area contributed by atoms with Crippen LogP contribution in [0.15, 0.2) is 30.3 Å². The van der Waals surface area contributed by atoms with Crippen molar-refractivity contribution in [3.63, 3.8) is 0 Å². The van der Waals surface area contributed by atoms with Crippen LogP contribution in [0, 0.1) is 0 Å². The highest BCUT2D eigenvalue weighted by molar-refractivity contribution is 5.79. The molecule has 0 saturated carbocycles. The van der Waals surface area contributed by atoms with Gasteiger partial charge in [0.05, 0.1) is 0 Å². The average molecular weight is 232 g/mol. The maximum Gasteiger partial charge on any atom is 0.223 e. The summed E-state index contributed by atoms with van der Waals surface area (Å²) < 4.78 is 0. The molecule has 2 N–H and O–H groups in total. The highest BCUT2D eigenvalue weighted by Gasteiger charge is 2.32. The Hall–Kier alpha value is -1.35. The van der Waals surface area contributed by atoms with E-state index in [1.165, 1.54) is 5.56 Å². The van der Waals surface area contributed by atoms with Crippen LogP contribution in [0.1, 0.15) is 31.7 Å². The van der Waals surface area contributed by atoms with Crippen LogP contribution in [-0.2, 0) is 4.79 Å². The van der Waals surface area contributed by atoms with Crippen LogP contribution in [0.2, 0.25) is 0 Å². The first-order chi connectivity index (χ1) is 7.96. The van der Waals surface area contributed by atoms with Gasteiger partial charge >= 0.3 is 0 Å². The Kier molecular flexibility index (Phi) is 3.20. The lowest BCUT2D eigenvalue weighted by atomic mass is 9.98. The third-order valence-corrected chi connectivity index (χ3v) is 3.08. The second kappa shape index (κ2) is 4.49. The zero-order chi connectivity index (χ0) is 12.5. The Labute approximate surface area is 103 Å². The zero-order valence-corrected chi connectivity index (χ0v) is 10.5. The predicted molar refractivity (Wildman–Crippen MR) is 68.6 cm³/mol. The van der Waals surface area contributed by atoms with E-state index in [-0.39, 0.29) is 11.4 Å². The molecule has 3 heteroatoms. The molecule has 1 heterocycles. The third-order valence-electron chi connectivity index (χ3n) is 3.08. The summed E-state index contributed by atoms with van der Waals surface area (Å²) in [6, 6.07) is 10.2. The Balaban J connectivity index is 2.05. The van der Waals surface area contributed by atoms with Crippen LogP contribution in [0.25, 0.3) is 0 Å². The lowest BCUT2D eigenvalue weighted by Gasteiger charge is -2.26. The van der Waals surface area contributed by atoms with Crippen molar-refractivity contribution >= 4 is 5.91 Å². The number of rotatable bonds is 3. The van der Waals surface area contributed by atoms with E-state index < -0.39 is 0 Å². The Morgan fingerprint density at radius 3 is 2.59 bits per heavy atom. The summed E-state index contributed by atoms with van der Waals surface area (Å²) in [6.45, 7) is 5.34. The smallest absolute Gasteiger partial charge is 0.223 e. The van der Waals surface area contributed by atoms with Gasteiger partial charge in [0.2, 0.25) is 5.91 Å². The highest BCUT2D eigenvalue weighted by atomic mass is 16.2. The van der Waals surface area contributed by atoms with Crippen molar-refractivity contribution in [1.29, 1.82) is 0 Å². The minimum atomic E-state index is -0.318. The summed E-state index contributed by atoms with van der Waals surface area (Å²) in [5.74, 6) is 0.545. The van der Waals surface area contributed by atoms with Crippen molar-refractivity contribution in [1.82, 2.24) is 4.90 Å². The standard InChI is InChI=1S/C14H20N2O/c1-14(2,15)10-16-9-12(8-13(16)17)11-6-4-3-5-7-11/h3-7,12H,8-10,15H2,1-2H3. The summed E-state index contributed by atoms with van der Waals surface area (Å²) in [6.07, 6.45) is 0.611. The Bertz CT molecular complexity index is 394. The molecule has 0 aliphatic carbocycles. The maximum atomic E-state index is 11.9. The molecule has 0 aromatic heterocycles. The quantitative estimate of drug-likeness (QED) is 0.863. The molecule has 0 bridgehead atoms. The molecule has 1 amide bonds. The molecule has 1 unspecified atom stereocenters. The van der Waals surface area contributed by atoms with Gasteiger partial charge in [0.15, 0.2) is 0 Å². The molecule has 0 spiro atoms. The molecule has 92 valence electrons. The average Bonchev–Trinajstić information content (AvgIpc) is 2.59. The number of nitrogens with two attached hydrogens (primary N) is 1. The van der Waals surface area contributed by atoms with Gasteiger partial charge in [0.25, 0.3) is 0 Å². The molecular weight excluding hydrogens is 212 g/mol. The lowest BCUT2D eigenvalue weighted by molar-refractivity contribution is -0.128. The molecule has 1 aliphatic rings. The second-order valence-electron chi connectivity index (χ2n) is 5.57. The molecule has 1 fully saturated rings. The molecule has 3 nitrogen and oxygen atoms in total. The minimum Gasteiger partial charge on any atom is -0.340 e. The molecule has 2 rings (SSSR count). The molecule has 1 aromatic carbocycles. The lowest BCUT2D eigenvalue weighted by Crippen LogP contribution is -2.45. The number of hydrogen-bond acceptors (Lipinski definition) is 2. The van der Waals surface area contributed by atoms with Crippen molar-refractivity contribution in [3.05, 3.63) is 35.9 Å². The SMILES string of the molecule is CC(C)(N)CN1CC(c2ccccc2)CC1=O. The molecular formula is C14H20N2O. The fourth-order valence-corrected chi connectivity index (χ4v) is 2.37. The Morgan fingerprint density at radius 1 is 1.35 bits per heavy atom. The van der Waals surface area contributed by atoms with Gasteiger partial charge in [-0.2, -0.15) is 0 Å². The number of benzene rings is 1. The van der Waals surface area contributed by atoms with Crippen molar-refractivity contribution in [3.8, 4) is 0 Å². The van der Waals surface area contributed by atoms with Gasteiger partial charge in [-0.3, -0.25) is 4.79 Å². The van der Waals surface area contributed by atoms with Crippen LogP contribution in [-0.4, -0.2) is 29.4 Å². The maximum absolute atomic E-state index is 11.9. The molecule has 17 heavy (non-hydrogen) atoms. The van der Waals surface area contributed by atoms with Gasteiger partial charge in [-0.05, 0) is 19.4 Å². The van der Waals surface area contributed by atoms with Crippen molar-refractivity contribution in [2.45, 2.75) is 31.7 Å². The van der Waals surface area contributed by atoms with E-state index in [4.69, 9.17) is 5.73 Å². The van der Waals surface area contributed by atoms with E-state index >= 15 is 0 Å². The van der Waals surface area contributed by atoms with Gasteiger partial charge in [0, 0.05) is 31.0 Å². The number of carbonyl (C=O) groups excluding carboxylic acids is 1. The highest BCUT2D eigenvalue weighted by Crippen LogP contribution is 2.28. The van der Waals surface area contributed by atoms with E-state index in [0.717, 1.165) is 6.54 Å². The van der Waals surface area contributed by atoms with Crippen LogP contribution in [0.5, 0.6) is 0 Å². The fraction of sp³-hybridized carbons (Fsp3) is 0.500. The predicted octanol–water partition coefficient (Wildman–Crippen LogP) is 1.74. The molecule has 1 atom stereocenters. The normalized spacial score (nSPS) is 21.0. The van der Waals surface area contributed by atoms with Crippen LogP contribution in [0.3, 0.4) is 0 Å². The van der Waals surface area contributed by atoms with Gasteiger partial charge < -0.3 is 10.6 Å². The zero-order valence-electron chi connectivity index (χ0n) is 10.5. The molecule has 0 radical (unpaired) electrons. The van der Waals surface area contributed by atoms with Gasteiger partial charge in [-0.25, -0.2) is 0 Å². The number of amides is 1. The topological polar surface area (TPSA) is 46.3 Å². The number of likely N-dealkylation sites (tertiary alicyclic amines) is 1. The number of carbonyl (C=O) groups is 1. The van der Waals surface area contributed by atoms with E-state index in [2.05, 4.69) is 12.1 Å². The summed E-state index contributed by atoms with van der Waals surface area (Å²) in [5, 5.41) is 0. The van der Waals surface area contributed by atoms with E-state index in [0.29, 0.717) is 18.9 Å². The third kappa shape index (κ3) is 3.07. The Morgan fingerprint density at radius 2 is 2.00 bits per heavy atom. The summed E-state index contributed by atoms with van der Waals surface area (Å²) >= 11 is 0. The van der Waals surface area contributed by atoms with E-state index in [1.807, 2.05) is 36.9 Å². The van der Waals surface area contributed by atoms with Gasteiger partial charge in [-0.1, -0.05) is 30.3 Å². The summed E-state index contributed by atoms with van der Waals surface area (Å²) in [5.41, 5.74) is 6.90. The minimum absolute atomic E-state index is 0.220. The molecule has 1 saturated heterocycles. The van der Waals surface area contributed by atoms with Crippen LogP contribution in [0.4, 0.5) is 0 Å². The monoisotopic (exact) mass is 232 g/mol. The first-order valence-corrected chi connectivity index (χ1v) is 6.07. The van der Waals surface area contributed by atoms with Crippen LogP contribution < -0.4 is 5.73 Å². The van der Waals surface area contributed by atoms with Crippen molar-refractivity contribution < 1.29 is 4.79 Å². The van der Waals surface area contributed by atoms with E-state index in [1.54, 1.807) is 0 Å². The summed E-state index contributed by atoms with van der Waals surface area (Å²) in [4.78, 5) is 13.8. The van der Waals surface area contributed by atoms with Gasteiger partial charge in [0.1, 0.15) is 0 Å². The number of nitrogens with zero attached hydrogens (tertiary/aromatic N) is 1. The first kappa shape index (κ1) is 12.1. The summed E-state index contributed by atoms with van der Waals surface area (Å²) in [7, 11) is 0. The number of hydrogen-bond donors (Lipinski definition) is 1. The second-order valence-corrected chi connectivity index (χ2v) is 5.57. The van der Waals surface area contributed by atoms with Crippen molar-refractivity contribution in [2.24, 2.45) is 5.73 Å². The molecule has 1 aliphatic heterocycles. The van der Waals surface area contributed by atoms with Crippen molar-refractivity contribution in [2.75, 3.05) is 13.1 Å². The fourth-order valence-electron chi connectivity index (χ4n) is 2.37. The van der Waals surface area contributed by atoms with E-state index in [9.17, 15) is 4.79 Å². The molecule has 1 aromatic rings.